The van der Waals surface area contributed by atoms with Crippen LogP contribution in [0.15, 0.2) is 0 Å². The number of hydrogen-bond acceptors (Lipinski definition) is 3. The highest BCUT2D eigenvalue weighted by atomic mass is 16.5. The van der Waals surface area contributed by atoms with Gasteiger partial charge in [-0.25, -0.2) is 0 Å². The Morgan fingerprint density at radius 1 is 1.57 bits per heavy atom. The summed E-state index contributed by atoms with van der Waals surface area (Å²) in [5.41, 5.74) is 5.16. The molecule has 0 aliphatic heterocycles. The number of methoxy groups -OCH3 is 1. The van der Waals surface area contributed by atoms with Crippen molar-refractivity contribution in [3.8, 4) is 0 Å². The van der Waals surface area contributed by atoms with E-state index in [1.54, 1.807) is 7.11 Å². The normalized spacial score (nSPS) is 13.8. The molecule has 4 heteroatoms. The Morgan fingerprint density at radius 3 is 2.50 bits per heavy atom. The monoisotopic (exact) mass is 202 g/mol. The summed E-state index contributed by atoms with van der Waals surface area (Å²) >= 11 is 0. The van der Waals surface area contributed by atoms with Crippen LogP contribution in [0.1, 0.15) is 27.2 Å². The topological polar surface area (TPSA) is 64.4 Å². The van der Waals surface area contributed by atoms with E-state index in [4.69, 9.17) is 10.5 Å². The average molecular weight is 202 g/mol. The molecule has 1 atom stereocenters. The van der Waals surface area contributed by atoms with Gasteiger partial charge in [0.1, 0.15) is 0 Å². The standard InChI is InChI=1S/C10H22N2O2/c1-5-8(6-11)9(13)12-10(2,3)7-14-4/h8H,5-7,11H2,1-4H3,(H,12,13). The molecule has 0 aliphatic rings. The molecule has 0 heterocycles. The number of nitrogens with one attached hydrogen (secondary N) is 1. The summed E-state index contributed by atoms with van der Waals surface area (Å²) in [5, 5.41) is 2.92. The van der Waals surface area contributed by atoms with Crippen LogP contribution < -0.4 is 11.1 Å². The van der Waals surface area contributed by atoms with E-state index in [1.807, 2.05) is 20.8 Å². The Kier molecular flexibility index (Phi) is 5.72. The lowest BCUT2D eigenvalue weighted by Crippen LogP contribution is -2.50. The van der Waals surface area contributed by atoms with Gasteiger partial charge in [-0.05, 0) is 20.3 Å². The van der Waals surface area contributed by atoms with Crippen LogP contribution in [-0.2, 0) is 9.53 Å². The summed E-state index contributed by atoms with van der Waals surface area (Å²) in [4.78, 5) is 11.6. The largest absolute Gasteiger partial charge is 0.382 e. The minimum atomic E-state index is -0.325. The highest BCUT2D eigenvalue weighted by Crippen LogP contribution is 2.06. The SMILES string of the molecule is CCC(CN)C(=O)NC(C)(C)COC. The molecule has 14 heavy (non-hydrogen) atoms. The van der Waals surface area contributed by atoms with Crippen LogP contribution in [0.5, 0.6) is 0 Å². The molecule has 0 radical (unpaired) electrons. The maximum absolute atomic E-state index is 11.6. The molecule has 0 spiro atoms. The van der Waals surface area contributed by atoms with Crippen LogP contribution >= 0.6 is 0 Å². The Labute approximate surface area is 86.2 Å². The number of carbonyl (C=O) groups is 1. The van der Waals surface area contributed by atoms with Crippen molar-refractivity contribution in [2.45, 2.75) is 32.7 Å². The molecule has 1 unspecified atom stereocenters. The molecule has 0 saturated heterocycles. The fraction of sp³-hybridized carbons (Fsp3) is 0.900. The second-order valence-corrected chi connectivity index (χ2v) is 4.15. The summed E-state index contributed by atoms with van der Waals surface area (Å²) in [7, 11) is 1.62. The summed E-state index contributed by atoms with van der Waals surface area (Å²) < 4.78 is 5.01. The highest BCUT2D eigenvalue weighted by Gasteiger charge is 2.23. The molecule has 1 amide bonds. The predicted molar refractivity (Wildman–Crippen MR) is 56.9 cm³/mol. The lowest BCUT2D eigenvalue weighted by atomic mass is 10.0. The lowest BCUT2D eigenvalue weighted by Gasteiger charge is -2.27. The number of amides is 1. The lowest BCUT2D eigenvalue weighted by molar-refractivity contribution is -0.127. The summed E-state index contributed by atoms with van der Waals surface area (Å²) in [6.07, 6.45) is 0.769. The third kappa shape index (κ3) is 4.58. The smallest absolute Gasteiger partial charge is 0.224 e. The van der Waals surface area contributed by atoms with Crippen molar-refractivity contribution in [2.75, 3.05) is 20.3 Å². The van der Waals surface area contributed by atoms with Gasteiger partial charge in [-0.15, -0.1) is 0 Å². The molecule has 0 bridgehead atoms. The van der Waals surface area contributed by atoms with E-state index in [0.29, 0.717) is 13.2 Å². The number of nitrogens with two attached hydrogens (primary N) is 1. The van der Waals surface area contributed by atoms with Gasteiger partial charge in [0.2, 0.25) is 5.91 Å². The van der Waals surface area contributed by atoms with Gasteiger partial charge in [-0.2, -0.15) is 0 Å². The first-order chi connectivity index (χ1) is 6.46. The first-order valence-electron chi connectivity index (χ1n) is 4.98. The van der Waals surface area contributed by atoms with E-state index in [9.17, 15) is 4.79 Å². The maximum Gasteiger partial charge on any atom is 0.224 e. The van der Waals surface area contributed by atoms with Crippen LogP contribution in [-0.4, -0.2) is 31.7 Å². The van der Waals surface area contributed by atoms with Gasteiger partial charge < -0.3 is 15.8 Å². The highest BCUT2D eigenvalue weighted by molar-refractivity contribution is 5.79. The van der Waals surface area contributed by atoms with Gasteiger partial charge in [0.15, 0.2) is 0 Å². The zero-order valence-corrected chi connectivity index (χ0v) is 9.59. The molecule has 0 aromatic heterocycles. The minimum Gasteiger partial charge on any atom is -0.382 e. The Hall–Kier alpha value is -0.610. The van der Waals surface area contributed by atoms with Crippen molar-refractivity contribution in [3.05, 3.63) is 0 Å². The van der Waals surface area contributed by atoms with Crippen molar-refractivity contribution < 1.29 is 9.53 Å². The van der Waals surface area contributed by atoms with Crippen molar-refractivity contribution in [1.82, 2.24) is 5.32 Å². The van der Waals surface area contributed by atoms with Crippen molar-refractivity contribution in [2.24, 2.45) is 11.7 Å². The third-order valence-electron chi connectivity index (χ3n) is 2.11. The molecular formula is C10H22N2O2. The summed E-state index contributed by atoms with van der Waals surface area (Å²) in [6, 6.07) is 0. The van der Waals surface area contributed by atoms with Crippen molar-refractivity contribution in [1.29, 1.82) is 0 Å². The van der Waals surface area contributed by atoms with Crippen molar-refractivity contribution >= 4 is 5.91 Å². The minimum absolute atomic E-state index is 0.0112. The quantitative estimate of drug-likeness (QED) is 0.659. The fourth-order valence-electron chi connectivity index (χ4n) is 1.29. The second-order valence-electron chi connectivity index (χ2n) is 4.15. The van der Waals surface area contributed by atoms with Crippen LogP contribution in [0.25, 0.3) is 0 Å². The molecule has 4 nitrogen and oxygen atoms in total. The molecule has 0 aromatic carbocycles. The van der Waals surface area contributed by atoms with E-state index < -0.39 is 0 Å². The Bertz CT molecular complexity index is 177. The molecular weight excluding hydrogens is 180 g/mol. The molecule has 84 valence electrons. The fourth-order valence-corrected chi connectivity index (χ4v) is 1.29. The first-order valence-corrected chi connectivity index (χ1v) is 4.98. The van der Waals surface area contributed by atoms with Crippen molar-refractivity contribution in [3.63, 3.8) is 0 Å². The van der Waals surface area contributed by atoms with E-state index in [1.165, 1.54) is 0 Å². The van der Waals surface area contributed by atoms with Crippen LogP contribution in [0.2, 0.25) is 0 Å². The number of ether oxygens (including phenoxy) is 1. The Morgan fingerprint density at radius 2 is 2.14 bits per heavy atom. The van der Waals surface area contributed by atoms with Gasteiger partial charge in [0.05, 0.1) is 12.1 Å². The number of carbonyl (C=O) groups excluding carboxylic acids is 1. The molecule has 0 aromatic rings. The number of hydrogen-bond donors (Lipinski definition) is 2. The van der Waals surface area contributed by atoms with Crippen LogP contribution in [0.4, 0.5) is 0 Å². The van der Waals surface area contributed by atoms with Gasteiger partial charge in [0.25, 0.3) is 0 Å². The molecule has 0 rings (SSSR count). The van der Waals surface area contributed by atoms with Gasteiger partial charge in [-0.3, -0.25) is 4.79 Å². The average Bonchev–Trinajstić information content (AvgIpc) is 2.04. The Balaban J connectivity index is 4.15. The van der Waals surface area contributed by atoms with E-state index in [0.717, 1.165) is 6.42 Å². The third-order valence-corrected chi connectivity index (χ3v) is 2.11. The maximum atomic E-state index is 11.6. The van der Waals surface area contributed by atoms with E-state index in [2.05, 4.69) is 5.32 Å². The zero-order valence-electron chi connectivity index (χ0n) is 9.59. The van der Waals surface area contributed by atoms with Crippen LogP contribution in [0.3, 0.4) is 0 Å². The first kappa shape index (κ1) is 13.4. The van der Waals surface area contributed by atoms with Gasteiger partial charge in [0, 0.05) is 19.6 Å². The molecule has 3 N–H and O–H groups in total. The molecule has 0 saturated carbocycles. The van der Waals surface area contributed by atoms with Gasteiger partial charge >= 0.3 is 0 Å². The number of rotatable bonds is 6. The zero-order chi connectivity index (χ0) is 11.2. The molecule has 0 fully saturated rings. The molecule has 0 aliphatic carbocycles. The summed E-state index contributed by atoms with van der Waals surface area (Å²) in [6.45, 7) is 6.71. The van der Waals surface area contributed by atoms with E-state index in [-0.39, 0.29) is 17.4 Å². The van der Waals surface area contributed by atoms with Crippen LogP contribution in [0, 0.1) is 5.92 Å². The summed E-state index contributed by atoms with van der Waals surface area (Å²) in [5.74, 6) is -0.0804. The van der Waals surface area contributed by atoms with E-state index >= 15 is 0 Å². The van der Waals surface area contributed by atoms with Gasteiger partial charge in [-0.1, -0.05) is 6.92 Å². The predicted octanol–water partition coefficient (Wildman–Crippen LogP) is 0.513. The second kappa shape index (κ2) is 5.98.